The Hall–Kier alpha value is -5.77. The molecule has 0 N–H and O–H groups in total. The van der Waals surface area contributed by atoms with Crippen molar-refractivity contribution in [3.05, 3.63) is 157 Å². The number of pyridine rings is 1. The van der Waals surface area contributed by atoms with Crippen molar-refractivity contribution in [2.75, 3.05) is 0 Å². The van der Waals surface area contributed by atoms with Crippen molar-refractivity contribution in [2.45, 2.75) is 6.92 Å². The van der Waals surface area contributed by atoms with E-state index in [1.54, 1.807) is 0 Å². The van der Waals surface area contributed by atoms with E-state index in [1.165, 1.54) is 5.39 Å². The van der Waals surface area contributed by atoms with Crippen molar-refractivity contribution >= 4 is 54.6 Å². The topological polar surface area (TPSA) is 49.7 Å². The largest absolute Gasteiger partial charge is 2.00 e. The summed E-state index contributed by atoms with van der Waals surface area (Å²) in [5, 5.41) is 4.60. The van der Waals surface area contributed by atoms with Crippen LogP contribution in [0.5, 0.6) is 0 Å². The Morgan fingerprint density at radius 1 is 0.612 bits per heavy atom. The van der Waals surface area contributed by atoms with E-state index in [0.717, 1.165) is 88.8 Å². The maximum absolute atomic E-state index is 5.48. The summed E-state index contributed by atoms with van der Waals surface area (Å²) in [6.45, 7) is 2.15. The SMILES string of the molecule is Cc1cc(-c2[c-]c3c(cc2)c2ccccc2n3-c2ccccn2)c2nc(-c3cccc4c3[n-]c3ccccc34)n(-c3ccccc3)c2c1.[Pt+2]. The molecular weight excluding hydrogens is 782 g/mol. The first-order valence-electron chi connectivity index (χ1n) is 16.1. The Balaban J connectivity index is 0.00000325. The van der Waals surface area contributed by atoms with Gasteiger partial charge in [-0.25, -0.2) is 9.97 Å². The van der Waals surface area contributed by atoms with Crippen LogP contribution in [-0.4, -0.2) is 19.1 Å². The molecule has 0 aliphatic carbocycles. The van der Waals surface area contributed by atoms with Gasteiger partial charge in [-0.1, -0.05) is 108 Å². The predicted octanol–water partition coefficient (Wildman–Crippen LogP) is 10.2. The number of aryl methyl sites for hydroxylation is 1. The second-order valence-corrected chi connectivity index (χ2v) is 12.3. The fourth-order valence-electron chi connectivity index (χ4n) is 7.30. The summed E-state index contributed by atoms with van der Waals surface area (Å²) < 4.78 is 4.49. The second kappa shape index (κ2) is 11.4. The normalized spacial score (nSPS) is 11.6. The maximum Gasteiger partial charge on any atom is 2.00 e. The fraction of sp³-hybridized carbons (Fsp3) is 0.0233. The molecule has 0 aliphatic rings. The Bertz CT molecular complexity index is 2840. The molecule has 4 aromatic heterocycles. The van der Waals surface area contributed by atoms with Crippen LogP contribution in [0.2, 0.25) is 0 Å². The number of aromatic nitrogens is 5. The molecule has 0 unspecified atom stereocenters. The average molecular weight is 809 g/mol. The van der Waals surface area contributed by atoms with E-state index in [4.69, 9.17) is 15.0 Å². The van der Waals surface area contributed by atoms with Crippen LogP contribution in [0.3, 0.4) is 0 Å². The molecule has 0 bridgehead atoms. The van der Waals surface area contributed by atoms with Gasteiger partial charge in [0, 0.05) is 23.0 Å². The van der Waals surface area contributed by atoms with E-state index < -0.39 is 0 Å². The van der Waals surface area contributed by atoms with Crippen LogP contribution >= 0.6 is 0 Å². The molecule has 5 nitrogen and oxygen atoms in total. The van der Waals surface area contributed by atoms with Gasteiger partial charge >= 0.3 is 21.1 Å². The zero-order valence-corrected chi connectivity index (χ0v) is 28.7. The minimum absolute atomic E-state index is 0. The van der Waals surface area contributed by atoms with Crippen molar-refractivity contribution in [3.8, 4) is 34.0 Å². The zero-order valence-electron chi connectivity index (χ0n) is 26.4. The quantitative estimate of drug-likeness (QED) is 0.167. The van der Waals surface area contributed by atoms with Gasteiger partial charge in [0.15, 0.2) is 0 Å². The molecule has 0 saturated heterocycles. The van der Waals surface area contributed by atoms with Gasteiger partial charge in [0.2, 0.25) is 0 Å². The summed E-state index contributed by atoms with van der Waals surface area (Å²) in [6, 6.07) is 52.5. The van der Waals surface area contributed by atoms with Gasteiger partial charge in [0.1, 0.15) is 11.6 Å². The summed E-state index contributed by atoms with van der Waals surface area (Å²) >= 11 is 0. The number of nitrogens with zero attached hydrogens (tertiary/aromatic N) is 5. The summed E-state index contributed by atoms with van der Waals surface area (Å²) in [6.07, 6.45) is 1.84. The molecule has 0 aliphatic heterocycles. The number of fused-ring (bicyclic) bond motifs is 7. The predicted molar refractivity (Wildman–Crippen MR) is 196 cm³/mol. The van der Waals surface area contributed by atoms with E-state index in [2.05, 4.69) is 137 Å². The first-order valence-corrected chi connectivity index (χ1v) is 16.1. The van der Waals surface area contributed by atoms with Gasteiger partial charge in [-0.2, -0.15) is 0 Å². The Labute approximate surface area is 296 Å². The van der Waals surface area contributed by atoms with Gasteiger partial charge in [0.25, 0.3) is 0 Å². The Kier molecular flexibility index (Phi) is 6.85. The minimum atomic E-state index is 0. The summed E-state index contributed by atoms with van der Waals surface area (Å²) in [5.41, 5.74) is 11.2. The molecule has 0 amide bonds. The molecule has 10 rings (SSSR count). The Morgan fingerprint density at radius 2 is 1.39 bits per heavy atom. The van der Waals surface area contributed by atoms with E-state index >= 15 is 0 Å². The van der Waals surface area contributed by atoms with Crippen LogP contribution in [0.25, 0.3) is 88.7 Å². The van der Waals surface area contributed by atoms with Crippen LogP contribution in [0.4, 0.5) is 0 Å². The van der Waals surface area contributed by atoms with Gasteiger partial charge < -0.3 is 9.55 Å². The standard InChI is InChI=1S/C43H27N5.Pt/c1-27-24-35(28-21-22-32-31-15-6-8-19-37(31)48(38(32)26-28)40-20-9-10-23-44-40)42-39(25-27)47(29-12-3-2-4-13-29)43(46-42)34-17-11-16-33-30-14-5-7-18-36(30)45-41(33)34;/h2-25H,1H3;/q-2;+2. The third-order valence-electron chi connectivity index (χ3n) is 9.37. The molecule has 0 spiro atoms. The number of benzene rings is 6. The minimum Gasteiger partial charge on any atom is -0.656 e. The number of para-hydroxylation sites is 4. The molecule has 6 heteroatoms. The van der Waals surface area contributed by atoms with Crippen molar-refractivity contribution in [1.82, 2.24) is 24.1 Å². The third kappa shape index (κ3) is 4.50. The van der Waals surface area contributed by atoms with Crippen LogP contribution < -0.4 is 4.98 Å². The van der Waals surface area contributed by atoms with E-state index in [-0.39, 0.29) is 21.1 Å². The first-order chi connectivity index (χ1) is 23.7. The Morgan fingerprint density at radius 3 is 2.24 bits per heavy atom. The van der Waals surface area contributed by atoms with Crippen molar-refractivity contribution in [3.63, 3.8) is 0 Å². The number of hydrogen-bond acceptors (Lipinski definition) is 2. The summed E-state index contributed by atoms with van der Waals surface area (Å²) in [5.74, 6) is 1.73. The van der Waals surface area contributed by atoms with Crippen molar-refractivity contribution < 1.29 is 21.1 Å². The molecule has 4 heterocycles. The molecule has 6 aromatic carbocycles. The molecular formula is C43H27N5Pt. The van der Waals surface area contributed by atoms with Gasteiger partial charge in [-0.05, 0) is 65.0 Å². The smallest absolute Gasteiger partial charge is 0.656 e. The van der Waals surface area contributed by atoms with E-state index in [1.807, 2.05) is 30.5 Å². The van der Waals surface area contributed by atoms with Gasteiger partial charge in [-0.3, -0.25) is 4.57 Å². The second-order valence-electron chi connectivity index (χ2n) is 12.3. The van der Waals surface area contributed by atoms with Crippen molar-refractivity contribution in [1.29, 1.82) is 0 Å². The maximum atomic E-state index is 5.48. The van der Waals surface area contributed by atoms with Gasteiger partial charge in [0.05, 0.1) is 11.0 Å². The van der Waals surface area contributed by atoms with E-state index in [0.29, 0.717) is 0 Å². The molecule has 49 heavy (non-hydrogen) atoms. The van der Waals surface area contributed by atoms with Crippen LogP contribution in [0, 0.1) is 13.0 Å². The molecule has 10 aromatic rings. The van der Waals surface area contributed by atoms with E-state index in [9.17, 15) is 0 Å². The zero-order chi connectivity index (χ0) is 31.8. The molecule has 0 fully saturated rings. The molecule has 0 saturated carbocycles. The number of imidazole rings is 1. The number of rotatable bonds is 4. The summed E-state index contributed by atoms with van der Waals surface area (Å²) in [7, 11) is 0. The third-order valence-corrected chi connectivity index (χ3v) is 9.37. The van der Waals surface area contributed by atoms with Gasteiger partial charge in [-0.15, -0.1) is 34.8 Å². The van der Waals surface area contributed by atoms with Crippen LogP contribution in [0.1, 0.15) is 5.56 Å². The number of hydrogen-bond donors (Lipinski definition) is 0. The van der Waals surface area contributed by atoms with Crippen LogP contribution in [0.15, 0.2) is 146 Å². The summed E-state index contributed by atoms with van der Waals surface area (Å²) in [4.78, 5) is 15.3. The monoisotopic (exact) mass is 808 g/mol. The first kappa shape index (κ1) is 29.4. The molecule has 0 radical (unpaired) electrons. The molecule has 234 valence electrons. The van der Waals surface area contributed by atoms with Crippen molar-refractivity contribution in [2.24, 2.45) is 0 Å². The van der Waals surface area contributed by atoms with Crippen LogP contribution in [-0.2, 0) is 21.1 Å². The average Bonchev–Trinajstić information content (AvgIpc) is 3.81. The fourth-order valence-corrected chi connectivity index (χ4v) is 7.30. The molecule has 0 atom stereocenters.